The molecule has 2 nitrogen and oxygen atoms in total. The van der Waals surface area contributed by atoms with Crippen LogP contribution >= 0.6 is 0 Å². The minimum atomic E-state index is -0.174. The molecule has 0 spiro atoms. The summed E-state index contributed by atoms with van der Waals surface area (Å²) < 4.78 is 13.0. The first-order chi connectivity index (χ1) is 22.3. The van der Waals surface area contributed by atoms with Crippen molar-refractivity contribution < 1.29 is 9.47 Å². The van der Waals surface area contributed by atoms with Crippen LogP contribution in [0.4, 0.5) is 0 Å². The molecule has 4 atom stereocenters. The molecule has 0 fully saturated rings. The molecule has 0 saturated heterocycles. The van der Waals surface area contributed by atoms with Gasteiger partial charge in [0.2, 0.25) is 0 Å². The van der Waals surface area contributed by atoms with Crippen LogP contribution in [-0.4, -0.2) is 13.2 Å². The normalized spacial score (nSPS) is 26.6. The number of hydrogen-bond donors (Lipinski definition) is 0. The van der Waals surface area contributed by atoms with Crippen LogP contribution in [-0.2, 0) is 20.3 Å². The maximum Gasteiger partial charge on any atom is 0.0963 e. The molecular formula is C44H62O2. The highest BCUT2D eigenvalue weighted by Crippen LogP contribution is 2.65. The molecule has 0 heterocycles. The average molecular weight is 623 g/mol. The molecule has 0 bridgehead atoms. The summed E-state index contributed by atoms with van der Waals surface area (Å²) in [5, 5.41) is 0. The Bertz CT molecular complexity index is 1340. The molecule has 250 valence electrons. The first-order valence-electron chi connectivity index (χ1n) is 18.8. The molecule has 0 saturated carbocycles. The predicted octanol–water partition coefficient (Wildman–Crippen LogP) is 12.3. The minimum absolute atomic E-state index is 0.0492. The Balaban J connectivity index is 1.53. The van der Waals surface area contributed by atoms with E-state index in [-0.39, 0.29) is 10.8 Å². The van der Waals surface area contributed by atoms with E-state index in [0.29, 0.717) is 17.8 Å². The number of allylic oxidation sites excluding steroid dienone is 12. The van der Waals surface area contributed by atoms with Crippen LogP contribution in [0.3, 0.4) is 0 Å². The van der Waals surface area contributed by atoms with Gasteiger partial charge in [-0.15, -0.1) is 0 Å². The van der Waals surface area contributed by atoms with Crippen molar-refractivity contribution in [3.63, 3.8) is 0 Å². The number of aryl methyl sites for hydroxylation is 1. The van der Waals surface area contributed by atoms with E-state index < -0.39 is 0 Å². The zero-order valence-electron chi connectivity index (χ0n) is 30.2. The van der Waals surface area contributed by atoms with E-state index in [1.165, 1.54) is 73.6 Å². The molecule has 4 unspecified atom stereocenters. The number of hydrogen-bond acceptors (Lipinski definition) is 2. The highest BCUT2D eigenvalue weighted by Gasteiger charge is 2.59. The third-order valence-corrected chi connectivity index (χ3v) is 11.7. The van der Waals surface area contributed by atoms with Gasteiger partial charge in [-0.3, -0.25) is 0 Å². The summed E-state index contributed by atoms with van der Waals surface area (Å²) in [6.45, 7) is 17.9. The zero-order valence-corrected chi connectivity index (χ0v) is 30.2. The number of rotatable bonds is 16. The fraction of sp³-hybridized carbons (Fsp3) is 0.591. The van der Waals surface area contributed by atoms with Crippen LogP contribution in [0.5, 0.6) is 0 Å². The van der Waals surface area contributed by atoms with Crippen LogP contribution in [0.1, 0.15) is 135 Å². The number of fused-ring (bicyclic) bond motifs is 3. The topological polar surface area (TPSA) is 18.5 Å². The van der Waals surface area contributed by atoms with Crippen molar-refractivity contribution in [3.05, 3.63) is 106 Å². The third kappa shape index (κ3) is 6.93. The van der Waals surface area contributed by atoms with E-state index in [2.05, 4.69) is 109 Å². The Morgan fingerprint density at radius 2 is 1.30 bits per heavy atom. The fourth-order valence-electron chi connectivity index (χ4n) is 8.69. The second-order valence-electron chi connectivity index (χ2n) is 15.0. The van der Waals surface area contributed by atoms with Crippen molar-refractivity contribution in [1.82, 2.24) is 0 Å². The summed E-state index contributed by atoms with van der Waals surface area (Å²) in [6, 6.07) is 7.27. The quantitative estimate of drug-likeness (QED) is 0.183. The zero-order chi connectivity index (χ0) is 32.7. The van der Waals surface area contributed by atoms with Gasteiger partial charge in [-0.05, 0) is 74.6 Å². The summed E-state index contributed by atoms with van der Waals surface area (Å²) in [7, 11) is 0. The van der Waals surface area contributed by atoms with Crippen molar-refractivity contribution in [2.45, 2.75) is 136 Å². The van der Waals surface area contributed by atoms with Gasteiger partial charge in [-0.25, -0.2) is 0 Å². The van der Waals surface area contributed by atoms with Gasteiger partial charge in [-0.1, -0.05) is 144 Å². The SMILES string of the molecule is CCCCC(CC)COC1=CC=C(C2(C3=CC=C(OCC(CC)CCCC)CC3)c3cc(C)ccc3C3(C)C=CC(C)=CC32)CC1. The monoisotopic (exact) mass is 622 g/mol. The van der Waals surface area contributed by atoms with E-state index in [0.717, 1.165) is 50.4 Å². The van der Waals surface area contributed by atoms with Gasteiger partial charge in [-0.2, -0.15) is 0 Å². The van der Waals surface area contributed by atoms with Crippen molar-refractivity contribution >= 4 is 0 Å². The van der Waals surface area contributed by atoms with Gasteiger partial charge in [0.25, 0.3) is 0 Å². The van der Waals surface area contributed by atoms with E-state index in [1.807, 2.05) is 0 Å². The van der Waals surface area contributed by atoms with Crippen molar-refractivity contribution in [1.29, 1.82) is 0 Å². The Morgan fingerprint density at radius 1 is 0.739 bits per heavy atom. The average Bonchev–Trinajstić information content (AvgIpc) is 3.29. The Labute approximate surface area is 281 Å². The predicted molar refractivity (Wildman–Crippen MR) is 196 cm³/mol. The van der Waals surface area contributed by atoms with Gasteiger partial charge >= 0.3 is 0 Å². The first kappa shape index (κ1) is 34.6. The maximum absolute atomic E-state index is 6.50. The van der Waals surface area contributed by atoms with Gasteiger partial charge in [0.15, 0.2) is 0 Å². The summed E-state index contributed by atoms with van der Waals surface area (Å²) in [5.41, 5.74) is 8.60. The summed E-state index contributed by atoms with van der Waals surface area (Å²) in [4.78, 5) is 0. The van der Waals surface area contributed by atoms with E-state index in [1.54, 1.807) is 11.1 Å². The van der Waals surface area contributed by atoms with E-state index in [4.69, 9.17) is 9.47 Å². The lowest BCUT2D eigenvalue weighted by Gasteiger charge is -2.46. The lowest BCUT2D eigenvalue weighted by atomic mass is 9.56. The maximum atomic E-state index is 6.50. The molecular weight excluding hydrogens is 560 g/mol. The van der Waals surface area contributed by atoms with Crippen LogP contribution in [0.25, 0.3) is 0 Å². The standard InChI is InChI=1S/C44H62O2/c1-8-12-14-34(10-3)30-45-38-21-17-36(18-22-38)44(37-19-23-39(24-20-37)46-31-35(11-4)15-13-9-2)41-28-32(5)16-25-40(41)43(7)27-26-33(6)29-42(43)44/h16-17,19,21,23,25-29,34-35,42H,8-15,18,20,22,24,30-31H2,1-7H3. The van der Waals surface area contributed by atoms with E-state index in [9.17, 15) is 0 Å². The number of unbranched alkanes of at least 4 members (excludes halogenated alkanes) is 2. The lowest BCUT2D eigenvalue weighted by molar-refractivity contribution is 0.146. The largest absolute Gasteiger partial charge is 0.498 e. The van der Waals surface area contributed by atoms with Crippen LogP contribution in [0, 0.1) is 24.7 Å². The number of ether oxygens (including phenoxy) is 2. The molecule has 4 aliphatic carbocycles. The molecule has 0 aliphatic heterocycles. The van der Waals surface area contributed by atoms with Crippen molar-refractivity contribution in [2.24, 2.45) is 17.8 Å². The molecule has 46 heavy (non-hydrogen) atoms. The smallest absolute Gasteiger partial charge is 0.0963 e. The molecule has 1 aromatic rings. The molecule has 2 heteroatoms. The van der Waals surface area contributed by atoms with Crippen LogP contribution in [0.2, 0.25) is 0 Å². The second kappa shape index (κ2) is 15.4. The fourth-order valence-corrected chi connectivity index (χ4v) is 8.69. The third-order valence-electron chi connectivity index (χ3n) is 11.7. The molecule has 0 aromatic heterocycles. The summed E-state index contributed by atoms with van der Waals surface area (Å²) in [5.74, 6) is 3.97. The van der Waals surface area contributed by atoms with Gasteiger partial charge in [0.05, 0.1) is 24.7 Å². The first-order valence-corrected chi connectivity index (χ1v) is 18.8. The van der Waals surface area contributed by atoms with Crippen molar-refractivity contribution in [2.75, 3.05) is 13.2 Å². The molecule has 1 aromatic carbocycles. The Kier molecular flexibility index (Phi) is 11.6. The molecule has 5 rings (SSSR count). The van der Waals surface area contributed by atoms with E-state index >= 15 is 0 Å². The lowest BCUT2D eigenvalue weighted by Crippen LogP contribution is -2.42. The summed E-state index contributed by atoms with van der Waals surface area (Å²) in [6.07, 6.45) is 31.1. The highest BCUT2D eigenvalue weighted by atomic mass is 16.5. The van der Waals surface area contributed by atoms with Gasteiger partial charge in [0.1, 0.15) is 0 Å². The Morgan fingerprint density at radius 3 is 1.78 bits per heavy atom. The number of benzene rings is 1. The van der Waals surface area contributed by atoms with Gasteiger partial charge in [0, 0.05) is 29.6 Å². The molecule has 0 radical (unpaired) electrons. The molecule has 0 amide bonds. The summed E-state index contributed by atoms with van der Waals surface area (Å²) >= 11 is 0. The van der Waals surface area contributed by atoms with Gasteiger partial charge < -0.3 is 9.47 Å². The Hall–Kier alpha value is -2.74. The molecule has 0 N–H and O–H groups in total. The van der Waals surface area contributed by atoms with Crippen LogP contribution < -0.4 is 0 Å². The van der Waals surface area contributed by atoms with Crippen molar-refractivity contribution in [3.8, 4) is 0 Å². The highest BCUT2D eigenvalue weighted by molar-refractivity contribution is 5.66. The van der Waals surface area contributed by atoms with Crippen LogP contribution in [0.15, 0.2) is 89.0 Å². The minimum Gasteiger partial charge on any atom is -0.498 e. The molecule has 4 aliphatic rings. The second-order valence-corrected chi connectivity index (χ2v) is 15.0.